The molecule has 0 bridgehead atoms. The Bertz CT molecular complexity index is 852. The minimum Gasteiger partial charge on any atom is -0.461 e. The van der Waals surface area contributed by atoms with Crippen molar-refractivity contribution in [1.29, 1.82) is 0 Å². The lowest BCUT2D eigenvalue weighted by Crippen LogP contribution is -2.07. The first kappa shape index (κ1) is 18.5. The number of aromatic nitrogens is 3. The summed E-state index contributed by atoms with van der Waals surface area (Å²) in [5.41, 5.74) is 2.34. The van der Waals surface area contributed by atoms with Crippen molar-refractivity contribution in [3.05, 3.63) is 53.8 Å². The molecule has 0 aliphatic heterocycles. The molecular formula is C20H23N3O2S. The largest absolute Gasteiger partial charge is 0.461 e. The van der Waals surface area contributed by atoms with Gasteiger partial charge in [0, 0.05) is 13.0 Å². The number of ketones is 1. The maximum absolute atomic E-state index is 12.3. The van der Waals surface area contributed by atoms with Crippen LogP contribution in [0.2, 0.25) is 0 Å². The van der Waals surface area contributed by atoms with Gasteiger partial charge < -0.3 is 4.42 Å². The van der Waals surface area contributed by atoms with Gasteiger partial charge in [-0.1, -0.05) is 49.9 Å². The van der Waals surface area contributed by atoms with E-state index in [-0.39, 0.29) is 5.78 Å². The molecule has 0 saturated heterocycles. The van der Waals surface area contributed by atoms with Crippen molar-refractivity contribution in [3.8, 4) is 11.6 Å². The van der Waals surface area contributed by atoms with Crippen molar-refractivity contribution in [2.24, 2.45) is 0 Å². The monoisotopic (exact) mass is 369 g/mol. The van der Waals surface area contributed by atoms with Crippen molar-refractivity contribution >= 4 is 17.5 Å². The number of nitrogens with zero attached hydrogens (tertiary/aromatic N) is 3. The summed E-state index contributed by atoms with van der Waals surface area (Å²) in [6.45, 7) is 7.07. The molecule has 136 valence electrons. The van der Waals surface area contributed by atoms with E-state index in [1.54, 1.807) is 6.26 Å². The van der Waals surface area contributed by atoms with Crippen LogP contribution in [0, 0.1) is 0 Å². The molecule has 0 aliphatic rings. The van der Waals surface area contributed by atoms with E-state index in [2.05, 4.69) is 36.2 Å². The molecule has 3 aromatic rings. The molecule has 6 heteroatoms. The standard InChI is InChI=1S/C20H23N3O2S/c1-4-23-19(18-6-5-11-25-18)21-22-20(23)26-13-17(24)12-15-7-9-16(10-8-15)14(2)3/h5-11,14H,4,12-13H2,1-3H3. The number of furan rings is 1. The second-order valence-electron chi connectivity index (χ2n) is 6.43. The summed E-state index contributed by atoms with van der Waals surface area (Å²) in [5.74, 6) is 2.43. The summed E-state index contributed by atoms with van der Waals surface area (Å²) < 4.78 is 7.37. The third-order valence-electron chi connectivity index (χ3n) is 4.18. The van der Waals surface area contributed by atoms with Crippen LogP contribution in [0.1, 0.15) is 37.8 Å². The number of carbonyl (C=O) groups is 1. The van der Waals surface area contributed by atoms with Gasteiger partial charge in [0.25, 0.3) is 0 Å². The molecule has 1 aromatic carbocycles. The minimum atomic E-state index is 0.178. The first-order chi connectivity index (χ1) is 12.6. The highest BCUT2D eigenvalue weighted by Crippen LogP contribution is 2.24. The Hall–Kier alpha value is -2.34. The molecule has 26 heavy (non-hydrogen) atoms. The van der Waals surface area contributed by atoms with Crippen LogP contribution in [0.25, 0.3) is 11.6 Å². The normalized spacial score (nSPS) is 11.2. The number of hydrogen-bond acceptors (Lipinski definition) is 5. The maximum atomic E-state index is 12.3. The molecule has 0 aliphatic carbocycles. The lowest BCUT2D eigenvalue weighted by molar-refractivity contribution is -0.116. The first-order valence-electron chi connectivity index (χ1n) is 8.79. The highest BCUT2D eigenvalue weighted by Gasteiger charge is 2.16. The third-order valence-corrected chi connectivity index (χ3v) is 5.21. The zero-order chi connectivity index (χ0) is 18.5. The number of rotatable bonds is 8. The van der Waals surface area contributed by atoms with Gasteiger partial charge in [-0.25, -0.2) is 0 Å². The smallest absolute Gasteiger partial charge is 0.200 e. The summed E-state index contributed by atoms with van der Waals surface area (Å²) in [4.78, 5) is 12.3. The molecule has 5 nitrogen and oxygen atoms in total. The highest BCUT2D eigenvalue weighted by atomic mass is 32.2. The number of hydrogen-bond donors (Lipinski definition) is 0. The fourth-order valence-corrected chi connectivity index (χ4v) is 3.57. The molecule has 0 N–H and O–H groups in total. The topological polar surface area (TPSA) is 60.9 Å². The lowest BCUT2D eigenvalue weighted by Gasteiger charge is -2.07. The van der Waals surface area contributed by atoms with Gasteiger partial charge in [0.1, 0.15) is 5.78 Å². The van der Waals surface area contributed by atoms with Crippen LogP contribution in [-0.4, -0.2) is 26.3 Å². The van der Waals surface area contributed by atoms with Crippen molar-refractivity contribution in [2.45, 2.75) is 44.8 Å². The number of carbonyl (C=O) groups excluding carboxylic acids is 1. The predicted molar refractivity (Wildman–Crippen MR) is 103 cm³/mol. The highest BCUT2D eigenvalue weighted by molar-refractivity contribution is 7.99. The van der Waals surface area contributed by atoms with Gasteiger partial charge in [0.15, 0.2) is 16.7 Å². The van der Waals surface area contributed by atoms with Gasteiger partial charge in [0.05, 0.1) is 12.0 Å². The average Bonchev–Trinajstić information content (AvgIpc) is 3.29. The van der Waals surface area contributed by atoms with Gasteiger partial charge in [-0.15, -0.1) is 10.2 Å². The first-order valence-corrected chi connectivity index (χ1v) is 9.77. The molecule has 0 spiro atoms. The SMILES string of the molecule is CCn1c(SCC(=O)Cc2ccc(C(C)C)cc2)nnc1-c1ccco1. The molecule has 0 radical (unpaired) electrons. The van der Waals surface area contributed by atoms with Crippen LogP contribution >= 0.6 is 11.8 Å². The van der Waals surface area contributed by atoms with E-state index in [0.29, 0.717) is 29.7 Å². The predicted octanol–water partition coefficient (Wildman–Crippen LogP) is 4.59. The molecule has 0 unspecified atom stereocenters. The zero-order valence-corrected chi connectivity index (χ0v) is 16.1. The average molecular weight is 369 g/mol. The van der Waals surface area contributed by atoms with E-state index in [9.17, 15) is 4.79 Å². The number of thioether (sulfide) groups is 1. The van der Waals surface area contributed by atoms with Crippen LogP contribution in [-0.2, 0) is 17.8 Å². The molecule has 0 fully saturated rings. The maximum Gasteiger partial charge on any atom is 0.200 e. The van der Waals surface area contributed by atoms with E-state index in [0.717, 1.165) is 17.3 Å². The minimum absolute atomic E-state index is 0.178. The second kappa shape index (κ2) is 8.36. The Labute approximate surface area is 157 Å². The second-order valence-corrected chi connectivity index (χ2v) is 7.37. The van der Waals surface area contributed by atoms with Gasteiger partial charge in [0.2, 0.25) is 0 Å². The van der Waals surface area contributed by atoms with Crippen molar-refractivity contribution in [3.63, 3.8) is 0 Å². The van der Waals surface area contributed by atoms with Gasteiger partial charge in [-0.3, -0.25) is 9.36 Å². The molecule has 0 atom stereocenters. The summed E-state index contributed by atoms with van der Waals surface area (Å²) in [6, 6.07) is 12.0. The quantitative estimate of drug-likeness (QED) is 0.544. The van der Waals surface area contributed by atoms with E-state index < -0.39 is 0 Å². The van der Waals surface area contributed by atoms with Crippen molar-refractivity contribution in [1.82, 2.24) is 14.8 Å². The molecule has 0 amide bonds. The van der Waals surface area contributed by atoms with Crippen LogP contribution in [0.4, 0.5) is 0 Å². The van der Waals surface area contributed by atoms with E-state index in [1.165, 1.54) is 17.3 Å². The Balaban J connectivity index is 1.61. The Morgan fingerprint density at radius 3 is 2.58 bits per heavy atom. The van der Waals surface area contributed by atoms with E-state index in [4.69, 9.17) is 4.42 Å². The van der Waals surface area contributed by atoms with E-state index in [1.807, 2.05) is 35.8 Å². The fourth-order valence-electron chi connectivity index (χ4n) is 2.71. The van der Waals surface area contributed by atoms with Gasteiger partial charge >= 0.3 is 0 Å². The van der Waals surface area contributed by atoms with E-state index >= 15 is 0 Å². The Morgan fingerprint density at radius 2 is 1.96 bits per heavy atom. The molecule has 2 aromatic heterocycles. The van der Waals surface area contributed by atoms with Crippen LogP contribution in [0.3, 0.4) is 0 Å². The third kappa shape index (κ3) is 4.25. The molecular weight excluding hydrogens is 346 g/mol. The zero-order valence-electron chi connectivity index (χ0n) is 15.3. The number of Topliss-reactive ketones (excluding diaryl/α,β-unsaturated/α-hetero) is 1. The molecule has 3 rings (SSSR count). The van der Waals surface area contributed by atoms with Crippen molar-refractivity contribution < 1.29 is 9.21 Å². The van der Waals surface area contributed by atoms with Gasteiger partial charge in [-0.05, 0) is 36.1 Å². The fraction of sp³-hybridized carbons (Fsp3) is 0.350. The van der Waals surface area contributed by atoms with Crippen LogP contribution in [0.15, 0.2) is 52.2 Å². The van der Waals surface area contributed by atoms with Gasteiger partial charge in [-0.2, -0.15) is 0 Å². The Kier molecular flexibility index (Phi) is 5.93. The molecule has 0 saturated carbocycles. The molecule has 2 heterocycles. The summed E-state index contributed by atoms with van der Waals surface area (Å²) >= 11 is 1.42. The number of benzene rings is 1. The summed E-state index contributed by atoms with van der Waals surface area (Å²) in [6.07, 6.45) is 2.06. The summed E-state index contributed by atoms with van der Waals surface area (Å²) in [5, 5.41) is 9.16. The van der Waals surface area contributed by atoms with Crippen LogP contribution < -0.4 is 0 Å². The summed E-state index contributed by atoms with van der Waals surface area (Å²) in [7, 11) is 0. The van der Waals surface area contributed by atoms with Crippen LogP contribution in [0.5, 0.6) is 0 Å². The van der Waals surface area contributed by atoms with Crippen molar-refractivity contribution in [2.75, 3.05) is 5.75 Å². The lowest BCUT2D eigenvalue weighted by atomic mass is 10.0. The Morgan fingerprint density at radius 1 is 1.19 bits per heavy atom.